The van der Waals surface area contributed by atoms with Gasteiger partial charge < -0.3 is 14.4 Å². The Labute approximate surface area is 222 Å². The van der Waals surface area contributed by atoms with Gasteiger partial charge in [-0.15, -0.1) is 0 Å². The van der Waals surface area contributed by atoms with Crippen molar-refractivity contribution in [3.8, 4) is 11.3 Å². The fourth-order valence-electron chi connectivity index (χ4n) is 3.89. The molecule has 0 radical (unpaired) electrons. The number of nitrogens with one attached hydrogen (secondary N) is 1. The van der Waals surface area contributed by atoms with Crippen LogP contribution < -0.4 is 16.6 Å². The van der Waals surface area contributed by atoms with E-state index >= 15 is 0 Å². The van der Waals surface area contributed by atoms with Gasteiger partial charge in [0.05, 0.1) is 12.0 Å². The number of hydrogen-bond donors (Lipinski definition) is 1. The molecule has 0 aliphatic heterocycles. The van der Waals surface area contributed by atoms with Gasteiger partial charge in [-0.05, 0) is 26.0 Å². The quantitative estimate of drug-likeness (QED) is 0.325. The molecule has 0 saturated carbocycles. The molecule has 5 heterocycles. The standard InChI is InChI=1S/C23H19F3N10O4.H2/c1-11(19(37)32-15-6-4-5-14(31-15)13-7-27-21(28-8-13)23(24,25)26)36-10-29-18-17(36)20(38)35(22(39)34(18)3)9-16-30-12(2)33-40-16;/h4-8,10-11H,9H2,1-3H3,(H,31,32,37);1H/t11-;/m0./s1. The van der Waals surface area contributed by atoms with Crippen LogP contribution in [0.2, 0.25) is 0 Å². The summed E-state index contributed by atoms with van der Waals surface area (Å²) in [5.74, 6) is -1.39. The van der Waals surface area contributed by atoms with Crippen LogP contribution in [0.5, 0.6) is 0 Å². The minimum atomic E-state index is -4.68. The first-order valence-electron chi connectivity index (χ1n) is 11.6. The number of carbonyl (C=O) groups excluding carboxylic acids is 1. The van der Waals surface area contributed by atoms with Crippen molar-refractivity contribution in [3.63, 3.8) is 0 Å². The molecule has 0 aliphatic rings. The van der Waals surface area contributed by atoms with Crippen molar-refractivity contribution >= 4 is 22.9 Å². The zero-order chi connectivity index (χ0) is 28.8. The monoisotopic (exact) mass is 558 g/mol. The Kier molecular flexibility index (Phi) is 6.48. The van der Waals surface area contributed by atoms with E-state index in [2.05, 4.69) is 35.4 Å². The Hall–Kier alpha value is -5.22. The molecule has 14 nitrogen and oxygen atoms in total. The molecule has 1 atom stereocenters. The summed E-state index contributed by atoms with van der Waals surface area (Å²) in [7, 11) is 1.43. The molecule has 0 fully saturated rings. The van der Waals surface area contributed by atoms with E-state index in [1.165, 1.54) is 37.0 Å². The lowest BCUT2D eigenvalue weighted by atomic mass is 10.2. The molecule has 5 aromatic rings. The SMILES string of the molecule is Cc1noc(Cn2c(=O)c3c(ncn3[C@@H](C)C(=O)Nc3cccc(-c4cnc(C(F)(F)F)nc4)n3)n(C)c2=O)n1.[HH]. The number of halogens is 3. The number of amides is 1. The van der Waals surface area contributed by atoms with Gasteiger partial charge in [-0.25, -0.2) is 29.3 Å². The van der Waals surface area contributed by atoms with Crippen LogP contribution in [0.25, 0.3) is 22.4 Å². The normalized spacial score (nSPS) is 12.6. The number of alkyl halides is 3. The molecule has 5 rings (SSSR count). The van der Waals surface area contributed by atoms with Gasteiger partial charge in [0.1, 0.15) is 18.4 Å². The van der Waals surface area contributed by atoms with Gasteiger partial charge in [0.15, 0.2) is 17.0 Å². The van der Waals surface area contributed by atoms with Crippen LogP contribution in [0.4, 0.5) is 19.0 Å². The summed E-state index contributed by atoms with van der Waals surface area (Å²) in [5, 5.41) is 6.27. The number of hydrogen-bond acceptors (Lipinski definition) is 10. The molecule has 0 unspecified atom stereocenters. The highest BCUT2D eigenvalue weighted by molar-refractivity contribution is 5.93. The Morgan fingerprint density at radius 1 is 1.15 bits per heavy atom. The fourth-order valence-corrected chi connectivity index (χ4v) is 3.89. The average Bonchev–Trinajstić information content (AvgIpc) is 3.55. The number of nitrogens with zero attached hydrogens (tertiary/aromatic N) is 9. The lowest BCUT2D eigenvalue weighted by Crippen LogP contribution is -2.40. The van der Waals surface area contributed by atoms with Gasteiger partial charge in [-0.2, -0.15) is 18.2 Å². The van der Waals surface area contributed by atoms with Gasteiger partial charge in [-0.1, -0.05) is 11.2 Å². The van der Waals surface area contributed by atoms with E-state index in [9.17, 15) is 27.6 Å². The number of pyridine rings is 1. The van der Waals surface area contributed by atoms with Crippen LogP contribution >= 0.6 is 0 Å². The van der Waals surface area contributed by atoms with E-state index in [4.69, 9.17) is 4.52 Å². The number of rotatable bonds is 6. The summed E-state index contributed by atoms with van der Waals surface area (Å²) < 4.78 is 46.7. The highest BCUT2D eigenvalue weighted by Gasteiger charge is 2.34. The molecule has 0 saturated heterocycles. The molecule has 5 aromatic heterocycles. The predicted octanol–water partition coefficient (Wildman–Crippen LogP) is 1.95. The Morgan fingerprint density at radius 3 is 2.52 bits per heavy atom. The maximum Gasteiger partial charge on any atom is 0.451 e. The summed E-state index contributed by atoms with van der Waals surface area (Å²) in [5.41, 5.74) is -0.894. The van der Waals surface area contributed by atoms with E-state index < -0.39 is 35.2 Å². The number of carbonyl (C=O) groups is 1. The molecule has 0 aromatic carbocycles. The van der Waals surface area contributed by atoms with Crippen molar-refractivity contribution in [3.05, 3.63) is 75.3 Å². The van der Waals surface area contributed by atoms with Crippen molar-refractivity contribution in [1.82, 2.24) is 43.8 Å². The molecule has 1 amide bonds. The topological polar surface area (TPSA) is 169 Å². The lowest BCUT2D eigenvalue weighted by molar-refractivity contribution is -0.145. The van der Waals surface area contributed by atoms with Crippen molar-refractivity contribution in [1.29, 1.82) is 0 Å². The second kappa shape index (κ2) is 9.83. The molecule has 0 bridgehead atoms. The van der Waals surface area contributed by atoms with Gasteiger partial charge in [0.2, 0.25) is 17.6 Å². The Morgan fingerprint density at radius 2 is 1.88 bits per heavy atom. The van der Waals surface area contributed by atoms with E-state index in [0.29, 0.717) is 5.82 Å². The fraction of sp³-hybridized carbons (Fsp3) is 0.261. The molecular weight excluding hydrogens is 537 g/mol. The minimum absolute atomic E-state index is 0. The highest BCUT2D eigenvalue weighted by atomic mass is 19.4. The van der Waals surface area contributed by atoms with E-state index in [-0.39, 0.29) is 42.1 Å². The maximum absolute atomic E-state index is 13.3. The predicted molar refractivity (Wildman–Crippen MR) is 133 cm³/mol. The summed E-state index contributed by atoms with van der Waals surface area (Å²) in [6.45, 7) is 2.83. The second-order valence-corrected chi connectivity index (χ2v) is 8.66. The highest BCUT2D eigenvalue weighted by Crippen LogP contribution is 2.27. The minimum Gasteiger partial charge on any atom is -0.337 e. The number of aryl methyl sites for hydroxylation is 2. The van der Waals surface area contributed by atoms with E-state index in [1.807, 2.05) is 0 Å². The second-order valence-electron chi connectivity index (χ2n) is 8.66. The summed E-state index contributed by atoms with van der Waals surface area (Å²) in [6.07, 6.45) is -1.46. The third kappa shape index (κ3) is 4.83. The van der Waals surface area contributed by atoms with Crippen LogP contribution in [-0.2, 0) is 24.6 Å². The third-order valence-electron chi connectivity index (χ3n) is 5.92. The Balaban J connectivity index is 0.00000387. The average molecular weight is 558 g/mol. The van der Waals surface area contributed by atoms with E-state index in [0.717, 1.165) is 21.5 Å². The van der Waals surface area contributed by atoms with Crippen LogP contribution in [-0.4, -0.2) is 49.7 Å². The van der Waals surface area contributed by atoms with Crippen LogP contribution in [0.1, 0.15) is 31.9 Å². The molecule has 0 spiro atoms. The molecule has 208 valence electrons. The van der Waals surface area contributed by atoms with Gasteiger partial charge >= 0.3 is 11.9 Å². The lowest BCUT2D eigenvalue weighted by Gasteiger charge is -2.15. The first-order chi connectivity index (χ1) is 18.9. The maximum atomic E-state index is 13.3. The third-order valence-corrected chi connectivity index (χ3v) is 5.92. The van der Waals surface area contributed by atoms with Crippen LogP contribution in [0, 0.1) is 6.92 Å². The van der Waals surface area contributed by atoms with Gasteiger partial charge in [0.25, 0.3) is 5.56 Å². The molecule has 40 heavy (non-hydrogen) atoms. The number of anilines is 1. The largest absolute Gasteiger partial charge is 0.451 e. The van der Waals surface area contributed by atoms with E-state index in [1.54, 1.807) is 13.0 Å². The summed E-state index contributed by atoms with van der Waals surface area (Å²) >= 11 is 0. The van der Waals surface area contributed by atoms with Gasteiger partial charge in [0, 0.05) is 26.4 Å². The Bertz CT molecular complexity index is 1860. The molecule has 17 heteroatoms. The van der Waals surface area contributed by atoms with Crippen molar-refractivity contribution in [2.45, 2.75) is 32.6 Å². The molecule has 1 N–H and O–H groups in total. The zero-order valence-electron chi connectivity index (χ0n) is 21.0. The summed E-state index contributed by atoms with van der Waals surface area (Å²) in [4.78, 5) is 58.4. The molecule has 0 aliphatic carbocycles. The summed E-state index contributed by atoms with van der Waals surface area (Å²) in [6, 6.07) is 3.55. The first-order valence-corrected chi connectivity index (χ1v) is 11.6. The van der Waals surface area contributed by atoms with Crippen molar-refractivity contribution in [2.24, 2.45) is 7.05 Å². The van der Waals surface area contributed by atoms with Gasteiger partial charge in [-0.3, -0.25) is 14.2 Å². The first kappa shape index (κ1) is 26.4. The number of aromatic nitrogens is 9. The van der Waals surface area contributed by atoms with Crippen LogP contribution in [0.3, 0.4) is 0 Å². The molecular formula is C23H21F3N10O4. The van der Waals surface area contributed by atoms with Crippen LogP contribution in [0.15, 0.2) is 51.0 Å². The number of imidazole rings is 1. The van der Waals surface area contributed by atoms with Crippen molar-refractivity contribution < 1.29 is 23.9 Å². The number of fused-ring (bicyclic) bond motifs is 1. The zero-order valence-corrected chi connectivity index (χ0v) is 21.0. The van der Waals surface area contributed by atoms with Crippen molar-refractivity contribution in [2.75, 3.05) is 5.32 Å². The smallest absolute Gasteiger partial charge is 0.337 e.